The summed E-state index contributed by atoms with van der Waals surface area (Å²) in [6.07, 6.45) is 8.05. The van der Waals surface area contributed by atoms with Crippen LogP contribution in [-0.4, -0.2) is 20.6 Å². The molecule has 2 aromatic rings. The molecule has 1 aromatic carbocycles. The van der Waals surface area contributed by atoms with Gasteiger partial charge in [0, 0.05) is 6.54 Å². The monoisotopic (exact) mass is 286 g/mol. The Morgan fingerprint density at radius 3 is 2.81 bits per heavy atom. The summed E-state index contributed by atoms with van der Waals surface area (Å²) in [5, 5.41) is 9.06. The number of hydrogen-bond acceptors (Lipinski definition) is 2. The van der Waals surface area contributed by atoms with E-state index in [1.807, 2.05) is 13.0 Å². The number of hydrogen-bond donors (Lipinski definition) is 1. The molecule has 112 valence electrons. The van der Waals surface area contributed by atoms with E-state index in [9.17, 15) is 4.79 Å². The standard InChI is InChI=1S/C17H22N2O2/c1-12-18-15-11-14(17(20)21)7-8-16(15)19(12)10-9-13-5-3-2-4-6-13/h7-8,11,13H,2-6,9-10H2,1H3,(H,20,21). The summed E-state index contributed by atoms with van der Waals surface area (Å²) in [6, 6.07) is 5.23. The van der Waals surface area contributed by atoms with Crippen LogP contribution in [0.25, 0.3) is 11.0 Å². The van der Waals surface area contributed by atoms with E-state index in [2.05, 4.69) is 9.55 Å². The number of aromatic carboxylic acids is 1. The zero-order valence-corrected chi connectivity index (χ0v) is 12.5. The highest BCUT2D eigenvalue weighted by Gasteiger charge is 2.15. The van der Waals surface area contributed by atoms with Crippen molar-refractivity contribution >= 4 is 17.0 Å². The quantitative estimate of drug-likeness (QED) is 0.923. The van der Waals surface area contributed by atoms with Gasteiger partial charge in [0.2, 0.25) is 0 Å². The van der Waals surface area contributed by atoms with Crippen molar-refractivity contribution in [3.8, 4) is 0 Å². The molecule has 0 spiro atoms. The Labute approximate surface area is 124 Å². The number of fused-ring (bicyclic) bond motifs is 1. The maximum Gasteiger partial charge on any atom is 0.335 e. The summed E-state index contributed by atoms with van der Waals surface area (Å²) >= 11 is 0. The summed E-state index contributed by atoms with van der Waals surface area (Å²) < 4.78 is 2.23. The van der Waals surface area contributed by atoms with Gasteiger partial charge in [-0.2, -0.15) is 0 Å². The maximum absolute atomic E-state index is 11.0. The molecule has 3 rings (SSSR count). The van der Waals surface area contributed by atoms with Crippen molar-refractivity contribution in [2.24, 2.45) is 5.92 Å². The number of imidazole rings is 1. The highest BCUT2D eigenvalue weighted by atomic mass is 16.4. The number of aryl methyl sites for hydroxylation is 2. The summed E-state index contributed by atoms with van der Waals surface area (Å²) in [6.45, 7) is 2.99. The van der Waals surface area contributed by atoms with Gasteiger partial charge in [-0.3, -0.25) is 0 Å². The first-order valence-electron chi connectivity index (χ1n) is 7.85. The second kappa shape index (κ2) is 5.88. The fourth-order valence-corrected chi connectivity index (χ4v) is 3.45. The predicted molar refractivity (Wildman–Crippen MR) is 82.6 cm³/mol. The Morgan fingerprint density at radius 1 is 1.33 bits per heavy atom. The molecule has 0 aliphatic heterocycles. The first-order valence-corrected chi connectivity index (χ1v) is 7.85. The lowest BCUT2D eigenvalue weighted by atomic mass is 9.87. The van der Waals surface area contributed by atoms with Crippen LogP contribution in [0.3, 0.4) is 0 Å². The average molecular weight is 286 g/mol. The molecular formula is C17H22N2O2. The molecule has 0 saturated heterocycles. The van der Waals surface area contributed by atoms with Gasteiger partial charge in [0.1, 0.15) is 5.82 Å². The van der Waals surface area contributed by atoms with Crippen molar-refractivity contribution in [3.05, 3.63) is 29.6 Å². The van der Waals surface area contributed by atoms with Crippen LogP contribution >= 0.6 is 0 Å². The summed E-state index contributed by atoms with van der Waals surface area (Å²) in [5.74, 6) is 0.920. The molecule has 0 atom stereocenters. The number of rotatable bonds is 4. The van der Waals surface area contributed by atoms with E-state index in [0.717, 1.165) is 29.3 Å². The van der Waals surface area contributed by atoms with Gasteiger partial charge in [0.05, 0.1) is 16.6 Å². The molecule has 0 unspecified atom stereocenters. The molecule has 1 saturated carbocycles. The van der Waals surface area contributed by atoms with Crippen LogP contribution in [0, 0.1) is 12.8 Å². The predicted octanol–water partition coefficient (Wildman–Crippen LogP) is 4.01. The van der Waals surface area contributed by atoms with Crippen LogP contribution in [0.5, 0.6) is 0 Å². The zero-order valence-electron chi connectivity index (χ0n) is 12.5. The molecule has 1 N–H and O–H groups in total. The molecular weight excluding hydrogens is 264 g/mol. The number of carboxylic acids is 1. The van der Waals surface area contributed by atoms with E-state index in [4.69, 9.17) is 5.11 Å². The van der Waals surface area contributed by atoms with Crippen LogP contribution in [-0.2, 0) is 6.54 Å². The van der Waals surface area contributed by atoms with E-state index in [0.29, 0.717) is 5.56 Å². The van der Waals surface area contributed by atoms with E-state index in [1.54, 1.807) is 12.1 Å². The fraction of sp³-hybridized carbons (Fsp3) is 0.529. The Morgan fingerprint density at radius 2 is 2.10 bits per heavy atom. The maximum atomic E-state index is 11.0. The first kappa shape index (κ1) is 14.1. The lowest BCUT2D eigenvalue weighted by Crippen LogP contribution is -2.10. The van der Waals surface area contributed by atoms with E-state index >= 15 is 0 Å². The average Bonchev–Trinajstić information content (AvgIpc) is 2.80. The molecule has 1 heterocycles. The summed E-state index contributed by atoms with van der Waals surface area (Å²) in [7, 11) is 0. The Bertz CT molecular complexity index is 654. The minimum atomic E-state index is -0.897. The van der Waals surface area contributed by atoms with Crippen molar-refractivity contribution in [1.29, 1.82) is 0 Å². The second-order valence-electron chi connectivity index (χ2n) is 6.11. The molecule has 1 aromatic heterocycles. The van der Waals surface area contributed by atoms with Gasteiger partial charge in [-0.25, -0.2) is 9.78 Å². The molecule has 21 heavy (non-hydrogen) atoms. The van der Waals surface area contributed by atoms with Crippen molar-refractivity contribution in [3.63, 3.8) is 0 Å². The highest BCUT2D eigenvalue weighted by Crippen LogP contribution is 2.27. The first-order chi connectivity index (χ1) is 10.1. The minimum Gasteiger partial charge on any atom is -0.478 e. The van der Waals surface area contributed by atoms with Crippen LogP contribution in [0.4, 0.5) is 0 Å². The molecule has 1 fully saturated rings. The van der Waals surface area contributed by atoms with E-state index < -0.39 is 5.97 Å². The Hall–Kier alpha value is -1.84. The Kier molecular flexibility index (Phi) is 3.95. The second-order valence-corrected chi connectivity index (χ2v) is 6.11. The highest BCUT2D eigenvalue weighted by molar-refractivity contribution is 5.92. The molecule has 4 heteroatoms. The zero-order chi connectivity index (χ0) is 14.8. The number of carbonyl (C=O) groups is 1. The third kappa shape index (κ3) is 2.94. The smallest absolute Gasteiger partial charge is 0.335 e. The summed E-state index contributed by atoms with van der Waals surface area (Å²) in [4.78, 5) is 15.6. The molecule has 1 aliphatic rings. The van der Waals surface area contributed by atoms with Gasteiger partial charge in [0.15, 0.2) is 0 Å². The van der Waals surface area contributed by atoms with Crippen molar-refractivity contribution in [1.82, 2.24) is 9.55 Å². The number of carboxylic acid groups (broad SMARTS) is 1. The number of benzene rings is 1. The number of aromatic nitrogens is 2. The molecule has 4 nitrogen and oxygen atoms in total. The van der Waals surface area contributed by atoms with Gasteiger partial charge < -0.3 is 9.67 Å². The lowest BCUT2D eigenvalue weighted by molar-refractivity contribution is 0.0697. The van der Waals surface area contributed by atoms with Gasteiger partial charge in [-0.15, -0.1) is 0 Å². The lowest BCUT2D eigenvalue weighted by Gasteiger charge is -2.21. The minimum absolute atomic E-state index is 0.305. The van der Waals surface area contributed by atoms with E-state index in [1.165, 1.54) is 38.5 Å². The largest absolute Gasteiger partial charge is 0.478 e. The number of nitrogens with zero attached hydrogens (tertiary/aromatic N) is 2. The van der Waals surface area contributed by atoms with Crippen LogP contribution in [0.2, 0.25) is 0 Å². The van der Waals surface area contributed by atoms with Crippen molar-refractivity contribution < 1.29 is 9.90 Å². The normalized spacial score (nSPS) is 16.4. The topological polar surface area (TPSA) is 55.1 Å². The van der Waals surface area contributed by atoms with Gasteiger partial charge >= 0.3 is 5.97 Å². The van der Waals surface area contributed by atoms with Gasteiger partial charge in [-0.05, 0) is 37.5 Å². The van der Waals surface area contributed by atoms with Gasteiger partial charge in [0.25, 0.3) is 0 Å². The fourth-order valence-electron chi connectivity index (χ4n) is 3.45. The third-order valence-corrected chi connectivity index (χ3v) is 4.67. The van der Waals surface area contributed by atoms with Crippen LogP contribution in [0.1, 0.15) is 54.7 Å². The molecule has 1 aliphatic carbocycles. The van der Waals surface area contributed by atoms with Crippen LogP contribution in [0.15, 0.2) is 18.2 Å². The van der Waals surface area contributed by atoms with Crippen molar-refractivity contribution in [2.75, 3.05) is 0 Å². The SMILES string of the molecule is Cc1nc2cc(C(=O)O)ccc2n1CCC1CCCCC1. The third-order valence-electron chi connectivity index (χ3n) is 4.67. The van der Waals surface area contributed by atoms with Crippen molar-refractivity contribution in [2.45, 2.75) is 52.0 Å². The van der Waals surface area contributed by atoms with Gasteiger partial charge in [-0.1, -0.05) is 32.1 Å². The summed E-state index contributed by atoms with van der Waals surface area (Å²) in [5.41, 5.74) is 2.14. The molecule has 0 bridgehead atoms. The van der Waals surface area contributed by atoms with E-state index in [-0.39, 0.29) is 0 Å². The molecule has 0 radical (unpaired) electrons. The Balaban J connectivity index is 1.81. The van der Waals surface area contributed by atoms with Crippen LogP contribution < -0.4 is 0 Å². The molecule has 0 amide bonds.